The Bertz CT molecular complexity index is 1900. The van der Waals surface area contributed by atoms with Crippen LogP contribution >= 0.6 is 0 Å². The minimum absolute atomic E-state index is 0.148. The van der Waals surface area contributed by atoms with E-state index in [4.69, 9.17) is 14.7 Å². The summed E-state index contributed by atoms with van der Waals surface area (Å²) in [6.07, 6.45) is 8.53. The zero-order valence-corrected chi connectivity index (χ0v) is 23.6. The molecule has 6 aromatic rings. The number of aromatic nitrogens is 5. The predicted molar refractivity (Wildman–Crippen MR) is 165 cm³/mol. The van der Waals surface area contributed by atoms with Crippen molar-refractivity contribution in [3.05, 3.63) is 115 Å². The molecule has 3 heterocycles. The fourth-order valence-electron chi connectivity index (χ4n) is 6.18. The van der Waals surface area contributed by atoms with Crippen LogP contribution in [0, 0.1) is 5.92 Å². The minimum atomic E-state index is -0.746. The maximum atomic E-state index is 12.3. The number of carboxylic acid groups (broad SMARTS) is 1. The number of hydrogen-bond acceptors (Lipinski definition) is 6. The first kappa shape index (κ1) is 26.8. The minimum Gasteiger partial charge on any atom is -0.487 e. The van der Waals surface area contributed by atoms with E-state index in [1.807, 2.05) is 48.5 Å². The molecule has 3 aromatic carbocycles. The summed E-state index contributed by atoms with van der Waals surface area (Å²) < 4.78 is 8.35. The number of benzene rings is 3. The summed E-state index contributed by atoms with van der Waals surface area (Å²) in [5.74, 6) is 0.192. The average molecular weight is 570 g/mol. The summed E-state index contributed by atoms with van der Waals surface area (Å²) in [5, 5.41) is 11.2. The van der Waals surface area contributed by atoms with Crippen molar-refractivity contribution in [1.82, 2.24) is 24.5 Å². The van der Waals surface area contributed by atoms with Crippen LogP contribution < -0.4 is 4.74 Å². The number of nitrogens with zero attached hydrogens (tertiary/aromatic N) is 5. The fourth-order valence-corrected chi connectivity index (χ4v) is 6.18. The molecule has 0 saturated heterocycles. The van der Waals surface area contributed by atoms with Crippen molar-refractivity contribution >= 4 is 27.9 Å². The molecule has 1 fully saturated rings. The average Bonchev–Trinajstić information content (AvgIpc) is 3.41. The lowest BCUT2D eigenvalue weighted by Gasteiger charge is -2.28. The lowest BCUT2D eigenvalue weighted by molar-refractivity contribution is -0.143. The van der Waals surface area contributed by atoms with Crippen LogP contribution in [0.15, 0.2) is 97.6 Å². The molecule has 3 aromatic heterocycles. The zero-order valence-electron chi connectivity index (χ0n) is 23.6. The summed E-state index contributed by atoms with van der Waals surface area (Å²) >= 11 is 0. The molecule has 0 amide bonds. The first-order valence-electron chi connectivity index (χ1n) is 14.7. The van der Waals surface area contributed by atoms with Crippen LogP contribution in [0.1, 0.15) is 48.7 Å². The number of ether oxygens (including phenoxy) is 1. The van der Waals surface area contributed by atoms with Crippen LogP contribution in [-0.2, 0) is 17.9 Å². The molecule has 8 heteroatoms. The molecule has 0 spiro atoms. The Morgan fingerprint density at radius 2 is 1.67 bits per heavy atom. The third kappa shape index (κ3) is 5.56. The highest BCUT2D eigenvalue weighted by atomic mass is 16.5. The second-order valence-corrected chi connectivity index (χ2v) is 11.2. The van der Waals surface area contributed by atoms with E-state index in [1.165, 1.54) is 6.33 Å². The normalized spacial score (nSPS) is 16.8. The summed E-state index contributed by atoms with van der Waals surface area (Å²) in [6.45, 7) is 0.924. The molecule has 1 N–H and O–H groups in total. The second-order valence-electron chi connectivity index (χ2n) is 11.2. The summed E-state index contributed by atoms with van der Waals surface area (Å²) in [4.78, 5) is 30.3. The molecule has 214 valence electrons. The van der Waals surface area contributed by atoms with Gasteiger partial charge < -0.3 is 14.4 Å². The lowest BCUT2D eigenvalue weighted by Crippen LogP contribution is -2.27. The molecule has 1 aliphatic rings. The smallest absolute Gasteiger partial charge is 0.307 e. The van der Waals surface area contributed by atoms with Gasteiger partial charge in [-0.1, -0.05) is 61.4 Å². The van der Waals surface area contributed by atoms with Gasteiger partial charge in [0.2, 0.25) is 0 Å². The molecular weight excluding hydrogens is 538 g/mol. The topological polar surface area (TPSA) is 103 Å². The van der Waals surface area contributed by atoms with Gasteiger partial charge in [0.1, 0.15) is 24.5 Å². The molecule has 7 rings (SSSR count). The molecule has 0 aliphatic heterocycles. The number of aliphatic carboxylic acids is 1. The highest BCUT2D eigenvalue weighted by molar-refractivity contribution is 5.79. The van der Waals surface area contributed by atoms with Crippen molar-refractivity contribution < 1.29 is 14.6 Å². The van der Waals surface area contributed by atoms with Crippen LogP contribution in [0.25, 0.3) is 33.1 Å². The van der Waals surface area contributed by atoms with Crippen molar-refractivity contribution in [2.24, 2.45) is 5.92 Å². The Morgan fingerprint density at radius 3 is 2.51 bits per heavy atom. The first-order valence-corrected chi connectivity index (χ1v) is 14.7. The maximum absolute atomic E-state index is 12.3. The van der Waals surface area contributed by atoms with E-state index in [2.05, 4.69) is 44.9 Å². The Hall–Kier alpha value is -5.11. The van der Waals surface area contributed by atoms with Crippen LogP contribution in [0.5, 0.6) is 5.75 Å². The number of rotatable bonds is 8. The van der Waals surface area contributed by atoms with E-state index in [0.29, 0.717) is 25.3 Å². The number of fused-ring (bicyclic) bond motifs is 2. The van der Waals surface area contributed by atoms with E-state index in [9.17, 15) is 9.90 Å². The number of imidazole rings is 1. The van der Waals surface area contributed by atoms with Gasteiger partial charge in [-0.15, -0.1) is 0 Å². The largest absolute Gasteiger partial charge is 0.487 e. The molecule has 0 radical (unpaired) electrons. The fraction of sp³-hybridized carbons (Fsp3) is 0.229. The monoisotopic (exact) mass is 569 g/mol. The van der Waals surface area contributed by atoms with E-state index in [0.717, 1.165) is 69.4 Å². The third-order valence-electron chi connectivity index (χ3n) is 8.40. The van der Waals surface area contributed by atoms with Crippen LogP contribution in [0.4, 0.5) is 0 Å². The molecule has 0 bridgehead atoms. The summed E-state index contributed by atoms with van der Waals surface area (Å²) in [6, 6.07) is 26.3. The molecule has 2 atom stereocenters. The molecular formula is C35H31N5O3. The van der Waals surface area contributed by atoms with Crippen molar-refractivity contribution in [3.8, 4) is 16.9 Å². The standard InChI is InChI=1S/C35H31N5O3/c41-35(42)30-7-3-2-6-29(30)34-39-32-17-28(43-21-27-14-13-25-5-1-4-8-31(25)38-27)15-16-33(32)40(34)20-23-9-11-24(12-10-23)26-18-36-22-37-19-26/h1,4-5,8-19,22,29-30H,2-3,6-7,20-21H2,(H,41,42)/t29-,30+/m0/s1. The molecule has 1 saturated carbocycles. The second kappa shape index (κ2) is 11.6. The van der Waals surface area contributed by atoms with Gasteiger partial charge in [0.25, 0.3) is 0 Å². The van der Waals surface area contributed by atoms with E-state index in [1.54, 1.807) is 12.4 Å². The lowest BCUT2D eigenvalue weighted by atomic mass is 9.78. The first-order chi connectivity index (χ1) is 21.1. The van der Waals surface area contributed by atoms with Crippen molar-refractivity contribution in [2.45, 2.75) is 44.8 Å². The highest BCUT2D eigenvalue weighted by Crippen LogP contribution is 2.39. The number of carboxylic acids is 1. The van der Waals surface area contributed by atoms with Gasteiger partial charge in [0.15, 0.2) is 0 Å². The Balaban J connectivity index is 1.20. The summed E-state index contributed by atoms with van der Waals surface area (Å²) in [5.41, 5.74) is 6.65. The van der Waals surface area contributed by atoms with Gasteiger partial charge in [-0.05, 0) is 48.2 Å². The van der Waals surface area contributed by atoms with Crippen LogP contribution in [0.2, 0.25) is 0 Å². The van der Waals surface area contributed by atoms with Gasteiger partial charge in [-0.25, -0.2) is 19.9 Å². The Morgan fingerprint density at radius 1 is 0.860 bits per heavy atom. The van der Waals surface area contributed by atoms with Gasteiger partial charge in [-0.2, -0.15) is 0 Å². The molecule has 0 unspecified atom stereocenters. The number of pyridine rings is 1. The number of hydrogen-bond donors (Lipinski definition) is 1. The van der Waals surface area contributed by atoms with Crippen LogP contribution in [0.3, 0.4) is 0 Å². The Labute approximate surface area is 249 Å². The van der Waals surface area contributed by atoms with Gasteiger partial charge in [0.05, 0.1) is 28.2 Å². The van der Waals surface area contributed by atoms with Crippen molar-refractivity contribution in [1.29, 1.82) is 0 Å². The predicted octanol–water partition coefficient (Wildman–Crippen LogP) is 7.03. The zero-order chi connectivity index (χ0) is 29.2. The SMILES string of the molecule is O=C(O)[C@@H]1CCCC[C@@H]1c1nc2cc(OCc3ccc4ccccc4n3)ccc2n1Cc1ccc(-c2cncnc2)cc1. The van der Waals surface area contributed by atoms with Crippen LogP contribution in [-0.4, -0.2) is 35.6 Å². The van der Waals surface area contributed by atoms with E-state index in [-0.39, 0.29) is 5.92 Å². The molecule has 43 heavy (non-hydrogen) atoms. The third-order valence-corrected chi connectivity index (χ3v) is 8.40. The van der Waals surface area contributed by atoms with Gasteiger partial charge >= 0.3 is 5.97 Å². The number of carbonyl (C=O) groups is 1. The van der Waals surface area contributed by atoms with Gasteiger partial charge in [0, 0.05) is 41.9 Å². The quantitative estimate of drug-likeness (QED) is 0.210. The van der Waals surface area contributed by atoms with Crippen molar-refractivity contribution in [2.75, 3.05) is 0 Å². The van der Waals surface area contributed by atoms with Crippen molar-refractivity contribution in [3.63, 3.8) is 0 Å². The Kier molecular flexibility index (Phi) is 7.25. The maximum Gasteiger partial charge on any atom is 0.307 e. The van der Waals surface area contributed by atoms with E-state index < -0.39 is 11.9 Å². The highest BCUT2D eigenvalue weighted by Gasteiger charge is 2.35. The van der Waals surface area contributed by atoms with Gasteiger partial charge in [-0.3, -0.25) is 4.79 Å². The van der Waals surface area contributed by atoms with E-state index >= 15 is 0 Å². The number of para-hydroxylation sites is 1. The molecule has 8 nitrogen and oxygen atoms in total. The molecule has 1 aliphatic carbocycles. The summed E-state index contributed by atoms with van der Waals surface area (Å²) in [7, 11) is 0.